The maximum Gasteiger partial charge on any atom is 0.355 e. The number of nitrogens with zero attached hydrogens (tertiary/aromatic N) is 1. The summed E-state index contributed by atoms with van der Waals surface area (Å²) in [4.78, 5) is 25.4. The number of carbonyl (C=O) groups is 2. The Hall–Kier alpha value is -3.39. The lowest BCUT2D eigenvalue weighted by Crippen LogP contribution is -2.33. The van der Waals surface area contributed by atoms with Gasteiger partial charge in [0.25, 0.3) is 5.91 Å². The number of hydrogen-bond acceptors (Lipinski definition) is 6. The molecule has 0 saturated carbocycles. The fourth-order valence-electron chi connectivity index (χ4n) is 3.00. The first-order chi connectivity index (χ1) is 16.4. The van der Waals surface area contributed by atoms with Crippen LogP contribution in [0.25, 0.3) is 10.1 Å². The quantitative estimate of drug-likeness (QED) is 0.135. The van der Waals surface area contributed by atoms with E-state index in [-0.39, 0.29) is 5.75 Å². The molecule has 3 aromatic carbocycles. The molecule has 9 heteroatoms. The zero-order chi connectivity index (χ0) is 24.1. The maximum atomic E-state index is 12.8. The molecule has 0 saturated heterocycles. The number of carbonyl (C=O) groups excluding carboxylic acids is 2. The number of nitrogens with one attached hydrogen (secondary N) is 1. The van der Waals surface area contributed by atoms with Crippen molar-refractivity contribution in [3.63, 3.8) is 0 Å². The zero-order valence-corrected chi connectivity index (χ0v) is 20.2. The first-order valence-corrected chi connectivity index (χ1v) is 11.7. The Kier molecular flexibility index (Phi) is 7.47. The molecule has 4 rings (SSSR count). The average molecular weight is 513 g/mol. The third kappa shape index (κ3) is 5.56. The smallest absolute Gasteiger partial charge is 0.355 e. The molecule has 6 nitrogen and oxygen atoms in total. The Balaban J connectivity index is 1.41. The summed E-state index contributed by atoms with van der Waals surface area (Å²) in [5.41, 5.74) is 2.92. The number of amides is 1. The number of para-hydroxylation sites is 1. The summed E-state index contributed by atoms with van der Waals surface area (Å²) < 4.78 is 12.0. The Morgan fingerprint density at radius 2 is 1.71 bits per heavy atom. The second kappa shape index (κ2) is 10.7. The number of halogens is 2. The molecule has 0 aliphatic heterocycles. The van der Waals surface area contributed by atoms with Crippen LogP contribution in [0.4, 0.5) is 0 Å². The lowest BCUT2D eigenvalue weighted by Gasteiger charge is -2.12. The van der Waals surface area contributed by atoms with Crippen molar-refractivity contribution in [1.29, 1.82) is 0 Å². The van der Waals surface area contributed by atoms with Crippen molar-refractivity contribution < 1.29 is 19.1 Å². The van der Waals surface area contributed by atoms with Crippen LogP contribution in [0.15, 0.2) is 77.9 Å². The minimum absolute atomic E-state index is 0.282. The fourth-order valence-corrected chi connectivity index (χ4v) is 4.51. The Morgan fingerprint density at radius 3 is 2.47 bits per heavy atom. The lowest BCUT2D eigenvalue weighted by atomic mass is 10.2. The standard InChI is InChI=1S/C25H18Cl2N2O4S/c1-15(32-18-12-10-17(26)11-13-18)24(30)29-28-14-16-6-2-4-8-20(16)33-25(31)23-22(27)19-7-3-5-9-21(19)34-23/h2-15H,1H3,(H,29,30)/b28-14-/t15-/m1/s1. The molecule has 172 valence electrons. The third-order valence-corrected chi connectivity index (χ3v) is 6.62. The highest BCUT2D eigenvalue weighted by atomic mass is 35.5. The topological polar surface area (TPSA) is 77.0 Å². The van der Waals surface area contributed by atoms with Crippen molar-refractivity contribution in [1.82, 2.24) is 5.43 Å². The number of rotatable bonds is 7. The van der Waals surface area contributed by atoms with E-state index in [2.05, 4.69) is 10.5 Å². The van der Waals surface area contributed by atoms with Gasteiger partial charge in [-0.25, -0.2) is 10.2 Å². The highest BCUT2D eigenvalue weighted by Crippen LogP contribution is 2.36. The van der Waals surface area contributed by atoms with Crippen LogP contribution in [0.5, 0.6) is 11.5 Å². The van der Waals surface area contributed by atoms with Gasteiger partial charge in [0.1, 0.15) is 16.4 Å². The average Bonchev–Trinajstić information content (AvgIpc) is 3.18. The largest absolute Gasteiger partial charge is 0.481 e. The molecule has 0 aliphatic rings. The second-order valence-electron chi connectivity index (χ2n) is 7.12. The van der Waals surface area contributed by atoms with Gasteiger partial charge in [-0.1, -0.05) is 53.5 Å². The fraction of sp³-hybridized carbons (Fsp3) is 0.0800. The summed E-state index contributed by atoms with van der Waals surface area (Å²) >= 11 is 13.5. The third-order valence-electron chi connectivity index (χ3n) is 4.72. The SMILES string of the molecule is C[C@@H](Oc1ccc(Cl)cc1)C(=O)N/N=C\c1ccccc1OC(=O)c1sc2ccccc2c1Cl. The molecule has 0 unspecified atom stereocenters. The maximum absolute atomic E-state index is 12.8. The first-order valence-electron chi connectivity index (χ1n) is 10.2. The first kappa shape index (κ1) is 23.8. The van der Waals surface area contributed by atoms with E-state index in [1.165, 1.54) is 17.6 Å². The van der Waals surface area contributed by atoms with Crippen LogP contribution in [0, 0.1) is 0 Å². The van der Waals surface area contributed by atoms with E-state index >= 15 is 0 Å². The van der Waals surface area contributed by atoms with Crippen molar-refractivity contribution in [2.45, 2.75) is 13.0 Å². The minimum atomic E-state index is -0.790. The predicted octanol–water partition coefficient (Wildman–Crippen LogP) is 6.34. The van der Waals surface area contributed by atoms with Gasteiger partial charge in [-0.3, -0.25) is 4.79 Å². The molecule has 0 bridgehead atoms. The van der Waals surface area contributed by atoms with Crippen molar-refractivity contribution in [2.75, 3.05) is 0 Å². The van der Waals surface area contributed by atoms with Gasteiger partial charge in [-0.15, -0.1) is 11.3 Å². The molecule has 34 heavy (non-hydrogen) atoms. The zero-order valence-electron chi connectivity index (χ0n) is 17.8. The molecule has 1 amide bonds. The van der Waals surface area contributed by atoms with Gasteiger partial charge in [0.2, 0.25) is 0 Å². The van der Waals surface area contributed by atoms with E-state index in [0.717, 1.165) is 10.1 Å². The van der Waals surface area contributed by atoms with Crippen LogP contribution in [-0.2, 0) is 4.79 Å². The number of hydrogen-bond donors (Lipinski definition) is 1. The number of hydrazone groups is 1. The Bertz CT molecular complexity index is 1370. The minimum Gasteiger partial charge on any atom is -0.481 e. The Morgan fingerprint density at radius 1 is 1.00 bits per heavy atom. The number of thiophene rings is 1. The highest BCUT2D eigenvalue weighted by Gasteiger charge is 2.20. The second-order valence-corrected chi connectivity index (χ2v) is 8.98. The van der Waals surface area contributed by atoms with Crippen molar-refractivity contribution in [2.24, 2.45) is 5.10 Å². The molecule has 0 radical (unpaired) electrons. The number of ether oxygens (including phenoxy) is 2. The van der Waals surface area contributed by atoms with E-state index in [4.69, 9.17) is 32.7 Å². The lowest BCUT2D eigenvalue weighted by molar-refractivity contribution is -0.127. The van der Waals surface area contributed by atoms with E-state index < -0.39 is 18.0 Å². The van der Waals surface area contributed by atoms with Gasteiger partial charge in [0.05, 0.1) is 11.2 Å². The van der Waals surface area contributed by atoms with Crippen molar-refractivity contribution in [3.05, 3.63) is 93.3 Å². The molecule has 4 aromatic rings. The van der Waals surface area contributed by atoms with Gasteiger partial charge in [-0.2, -0.15) is 5.10 Å². The van der Waals surface area contributed by atoms with E-state index in [1.807, 2.05) is 24.3 Å². The van der Waals surface area contributed by atoms with Crippen LogP contribution in [0.3, 0.4) is 0 Å². The van der Waals surface area contributed by atoms with Gasteiger partial charge in [-0.05, 0) is 49.4 Å². The molecular formula is C25H18Cl2N2O4S. The van der Waals surface area contributed by atoms with Gasteiger partial charge in [0, 0.05) is 20.7 Å². The molecular weight excluding hydrogens is 495 g/mol. The Labute approximate surface area is 209 Å². The van der Waals surface area contributed by atoms with Crippen molar-refractivity contribution in [3.8, 4) is 11.5 Å². The monoisotopic (exact) mass is 512 g/mol. The van der Waals surface area contributed by atoms with Gasteiger partial charge >= 0.3 is 5.97 Å². The van der Waals surface area contributed by atoms with Crippen LogP contribution < -0.4 is 14.9 Å². The summed E-state index contributed by atoms with van der Waals surface area (Å²) in [5, 5.41) is 5.70. The van der Waals surface area contributed by atoms with E-state index in [1.54, 1.807) is 55.5 Å². The van der Waals surface area contributed by atoms with E-state index in [9.17, 15) is 9.59 Å². The summed E-state index contributed by atoms with van der Waals surface area (Å²) in [5.74, 6) is -0.225. The normalized spacial score (nSPS) is 12.0. The number of fused-ring (bicyclic) bond motifs is 1. The summed E-state index contributed by atoms with van der Waals surface area (Å²) in [6, 6.07) is 21.0. The summed E-state index contributed by atoms with van der Waals surface area (Å²) in [6.07, 6.45) is 0.601. The van der Waals surface area contributed by atoms with Gasteiger partial charge in [0.15, 0.2) is 6.10 Å². The molecule has 1 atom stereocenters. The van der Waals surface area contributed by atoms with Crippen LogP contribution >= 0.6 is 34.5 Å². The summed E-state index contributed by atoms with van der Waals surface area (Å²) in [6.45, 7) is 1.60. The molecule has 1 aromatic heterocycles. The number of esters is 1. The molecule has 0 spiro atoms. The van der Waals surface area contributed by atoms with Crippen LogP contribution in [0.2, 0.25) is 10.0 Å². The highest BCUT2D eigenvalue weighted by molar-refractivity contribution is 7.21. The molecule has 0 aliphatic carbocycles. The van der Waals surface area contributed by atoms with E-state index in [0.29, 0.717) is 26.2 Å². The van der Waals surface area contributed by atoms with Crippen LogP contribution in [-0.4, -0.2) is 24.2 Å². The van der Waals surface area contributed by atoms with Crippen LogP contribution in [0.1, 0.15) is 22.2 Å². The predicted molar refractivity (Wildman–Crippen MR) is 136 cm³/mol. The van der Waals surface area contributed by atoms with Crippen molar-refractivity contribution >= 4 is 62.7 Å². The summed E-state index contributed by atoms with van der Waals surface area (Å²) in [7, 11) is 0. The molecule has 1 N–H and O–H groups in total. The molecule has 1 heterocycles. The molecule has 0 fully saturated rings. The van der Waals surface area contributed by atoms with Gasteiger partial charge < -0.3 is 9.47 Å². The number of benzene rings is 3.